The zero-order valence-electron chi connectivity index (χ0n) is 25.5. The summed E-state index contributed by atoms with van der Waals surface area (Å²) in [4.78, 5) is 17.6. The van der Waals surface area contributed by atoms with Crippen LogP contribution in [-0.4, -0.2) is 44.5 Å². The molecule has 1 aliphatic carbocycles. The van der Waals surface area contributed by atoms with Crippen molar-refractivity contribution in [3.05, 3.63) is 83.4 Å². The second-order valence-corrected chi connectivity index (χ2v) is 11.1. The molecule has 0 aliphatic heterocycles. The Morgan fingerprint density at radius 1 is 1.06 bits per heavy atom. The van der Waals surface area contributed by atoms with E-state index < -0.39 is 29.4 Å². The highest BCUT2D eigenvalue weighted by molar-refractivity contribution is 7.78. The number of hydrogen-bond donors (Lipinski definition) is 4. The topological polar surface area (TPSA) is 105 Å². The van der Waals surface area contributed by atoms with E-state index in [0.29, 0.717) is 31.3 Å². The van der Waals surface area contributed by atoms with Crippen LogP contribution in [0.4, 0.5) is 23.2 Å². The van der Waals surface area contributed by atoms with E-state index in [0.717, 1.165) is 46.3 Å². The van der Waals surface area contributed by atoms with Gasteiger partial charge in [0.1, 0.15) is 18.2 Å². The number of amides is 1. The molecule has 3 N–H and O–H groups in total. The fourth-order valence-corrected chi connectivity index (χ4v) is 5.67. The van der Waals surface area contributed by atoms with Gasteiger partial charge in [-0.3, -0.25) is 9.52 Å². The summed E-state index contributed by atoms with van der Waals surface area (Å²) >= 11 is 6.37. The van der Waals surface area contributed by atoms with Crippen molar-refractivity contribution < 1.29 is 36.4 Å². The van der Waals surface area contributed by atoms with Crippen LogP contribution in [0.1, 0.15) is 56.5 Å². The lowest BCUT2D eigenvalue weighted by Gasteiger charge is -2.34. The lowest BCUT2D eigenvalue weighted by Crippen LogP contribution is -2.35. The largest absolute Gasteiger partial charge is 0.416 e. The Balaban J connectivity index is 0.00000121. The van der Waals surface area contributed by atoms with E-state index in [1.165, 1.54) is 0 Å². The Morgan fingerprint density at radius 3 is 2.28 bits per heavy atom. The maximum atomic E-state index is 14.4. The molecular formula is C33H40F4N4O4S2. The molecule has 1 aliphatic rings. The number of thiol groups is 1. The second-order valence-electron chi connectivity index (χ2n) is 10.7. The predicted octanol–water partition coefficient (Wildman–Crippen LogP) is 7.17. The fourth-order valence-electron chi connectivity index (χ4n) is 5.67. The molecule has 14 heteroatoms. The number of fused-ring (bicyclic) bond motifs is 1. The molecule has 3 atom stereocenters. The number of aryl methyl sites for hydroxylation is 1. The average Bonchev–Trinajstić information content (AvgIpc) is 3.37. The minimum Gasteiger partial charge on any atom is -0.388 e. The Bertz CT molecular complexity index is 1600. The van der Waals surface area contributed by atoms with Gasteiger partial charge in [0.05, 0.1) is 28.4 Å². The van der Waals surface area contributed by atoms with Gasteiger partial charge in [-0.1, -0.05) is 50.6 Å². The number of rotatable bonds is 7. The van der Waals surface area contributed by atoms with E-state index >= 15 is 0 Å². The first kappa shape index (κ1) is 39.7. The van der Waals surface area contributed by atoms with Crippen molar-refractivity contribution in [1.82, 2.24) is 14.3 Å². The van der Waals surface area contributed by atoms with Crippen LogP contribution in [0.3, 0.4) is 0 Å². The van der Waals surface area contributed by atoms with Gasteiger partial charge in [0, 0.05) is 19.6 Å². The number of alkyl halides is 3. The number of halogens is 4. The summed E-state index contributed by atoms with van der Waals surface area (Å²) in [6.07, 6.45) is -3.19. The van der Waals surface area contributed by atoms with Crippen molar-refractivity contribution in [2.24, 2.45) is 13.0 Å². The first-order chi connectivity index (χ1) is 22.0. The molecule has 0 saturated heterocycles. The highest BCUT2D eigenvalue weighted by Gasteiger charge is 2.35. The average molecular weight is 697 g/mol. The predicted molar refractivity (Wildman–Crippen MR) is 181 cm³/mol. The monoisotopic (exact) mass is 696 g/mol. The third-order valence-electron chi connectivity index (χ3n) is 7.82. The summed E-state index contributed by atoms with van der Waals surface area (Å²) in [5, 5.41) is 12.0. The van der Waals surface area contributed by atoms with Gasteiger partial charge in [0.2, 0.25) is 5.91 Å². The summed E-state index contributed by atoms with van der Waals surface area (Å²) in [7, 11) is 3.60. The van der Waals surface area contributed by atoms with Gasteiger partial charge in [-0.15, -0.1) is 0 Å². The van der Waals surface area contributed by atoms with Crippen LogP contribution in [0.5, 0.6) is 0 Å². The van der Waals surface area contributed by atoms with E-state index in [-0.39, 0.29) is 31.7 Å². The molecule has 1 saturated carbocycles. The molecule has 0 bridgehead atoms. The number of benzene rings is 3. The number of imidazole rings is 1. The minimum absolute atomic E-state index is 0. The molecule has 1 aromatic heterocycles. The van der Waals surface area contributed by atoms with Crippen LogP contribution in [0.2, 0.25) is 0 Å². The lowest BCUT2D eigenvalue weighted by atomic mass is 9.76. The van der Waals surface area contributed by atoms with Gasteiger partial charge in [-0.25, -0.2) is 9.37 Å². The Hall–Kier alpha value is -3.43. The summed E-state index contributed by atoms with van der Waals surface area (Å²) in [5.74, 6) is -1.48. The number of anilines is 1. The molecule has 8 nitrogen and oxygen atoms in total. The van der Waals surface area contributed by atoms with Crippen LogP contribution < -0.4 is 10.0 Å². The van der Waals surface area contributed by atoms with Gasteiger partial charge in [0.25, 0.3) is 0 Å². The molecule has 4 aromatic rings. The van der Waals surface area contributed by atoms with Crippen LogP contribution in [-0.2, 0) is 41.9 Å². The molecule has 5 rings (SSSR count). The second kappa shape index (κ2) is 18.2. The first-order valence-electron chi connectivity index (χ1n) is 14.4. The van der Waals surface area contributed by atoms with Crippen molar-refractivity contribution in [2.75, 3.05) is 19.0 Å². The van der Waals surface area contributed by atoms with Crippen LogP contribution in [0.25, 0.3) is 22.2 Å². The van der Waals surface area contributed by atoms with Gasteiger partial charge in [-0.05, 0) is 86.2 Å². The summed E-state index contributed by atoms with van der Waals surface area (Å²) in [6.45, 7) is 2.22. The maximum Gasteiger partial charge on any atom is 0.416 e. The van der Waals surface area contributed by atoms with Crippen molar-refractivity contribution in [3.8, 4) is 11.1 Å². The normalized spacial score (nSPS) is 17.4. The summed E-state index contributed by atoms with van der Waals surface area (Å²) in [6, 6.07) is 16.1. The fraction of sp³-hybridized carbons (Fsp3) is 0.394. The van der Waals surface area contributed by atoms with E-state index in [4.69, 9.17) is 8.95 Å². The zero-order valence-corrected chi connectivity index (χ0v) is 27.2. The van der Waals surface area contributed by atoms with Crippen molar-refractivity contribution in [3.63, 3.8) is 0 Å². The highest BCUT2D eigenvalue weighted by Crippen LogP contribution is 2.39. The number of aliphatic hydroxyl groups excluding tert-OH is 1. The Kier molecular flexibility index (Phi) is 15.4. The van der Waals surface area contributed by atoms with E-state index in [1.807, 2.05) is 61.0 Å². The van der Waals surface area contributed by atoms with Crippen molar-refractivity contribution >= 4 is 48.0 Å². The van der Waals surface area contributed by atoms with E-state index in [9.17, 15) is 27.5 Å². The van der Waals surface area contributed by atoms with Gasteiger partial charge >= 0.3 is 6.18 Å². The molecule has 0 radical (unpaired) electrons. The number of hydrogen-bond acceptors (Lipinski definition) is 8. The molecule has 3 unspecified atom stereocenters. The summed E-state index contributed by atoms with van der Waals surface area (Å²) in [5.41, 5.74) is 3.36. The molecule has 1 fully saturated rings. The Morgan fingerprint density at radius 2 is 1.70 bits per heavy atom. The number of carbonyl (C=O) groups excluding carboxylic acids is 1. The first-order valence-corrected chi connectivity index (χ1v) is 15.2. The van der Waals surface area contributed by atoms with Gasteiger partial charge in [0.15, 0.2) is 12.5 Å². The summed E-state index contributed by atoms with van der Waals surface area (Å²) < 4.78 is 71.1. The minimum atomic E-state index is -4.67. The Labute approximate surface area is 283 Å². The number of ether oxygens (including phenoxy) is 1. The number of aromatic nitrogens is 2. The van der Waals surface area contributed by atoms with E-state index in [1.54, 1.807) is 7.05 Å². The smallest absolute Gasteiger partial charge is 0.388 e. The number of nitrogens with zero attached hydrogens (tertiary/aromatic N) is 2. The van der Waals surface area contributed by atoms with E-state index in [2.05, 4.69) is 40.4 Å². The quantitative estimate of drug-likeness (QED) is 0.120. The van der Waals surface area contributed by atoms with Crippen LogP contribution in [0.15, 0.2) is 60.7 Å². The molecule has 3 aromatic carbocycles. The standard InChI is InChI=1S/C31H31F4N3O3.CH5NS.CH4.OS/c1-3-41-24-13-21(12-22(14-24)30(40)37-26-10-9-23(16-25(26)32)31(33,34)35)19-6-4-18(5-7-19)20-8-11-28-27(15-20)36-29(17-39)38(28)2;1-2-3;;1-2/h4-11,15-16,21-22,24,39H,3,12-14,17H2,1-2H3,(H,37,40);2-3H,1H3;1H4;. The molecule has 256 valence electrons. The molecule has 0 spiro atoms. The zero-order chi connectivity index (χ0) is 34.0. The number of carbonyl (C=O) groups is 1. The van der Waals surface area contributed by atoms with Crippen molar-refractivity contribution in [2.45, 2.75) is 58.4 Å². The maximum absolute atomic E-state index is 14.4. The molecule has 47 heavy (non-hydrogen) atoms. The third kappa shape index (κ3) is 10.0. The number of aliphatic hydroxyl groups is 1. The highest BCUT2D eigenvalue weighted by atomic mass is 32.1. The van der Waals surface area contributed by atoms with Crippen LogP contribution >= 0.6 is 12.8 Å². The van der Waals surface area contributed by atoms with Gasteiger partial charge < -0.3 is 19.7 Å². The molecule has 1 heterocycles. The SMILES string of the molecule is C.CCOC1CC(C(=O)Nc2ccc(C(F)(F)F)cc2F)CC(c2ccc(-c3ccc4c(c3)nc(CO)n4C)cc2)C1.CNS.O=S. The molecular weight excluding hydrogens is 657 g/mol. The van der Waals surface area contributed by atoms with Crippen LogP contribution in [0, 0.1) is 11.7 Å². The third-order valence-corrected chi connectivity index (χ3v) is 7.82. The number of nitrogens with one attached hydrogen (secondary N) is 2. The molecule has 1 amide bonds. The van der Waals surface area contributed by atoms with Crippen molar-refractivity contribution in [1.29, 1.82) is 0 Å². The van der Waals surface area contributed by atoms with Gasteiger partial charge in [-0.2, -0.15) is 17.4 Å². The lowest BCUT2D eigenvalue weighted by molar-refractivity contribution is -0.137.